The number of hydrogen-bond acceptors (Lipinski definition) is 4. The summed E-state index contributed by atoms with van der Waals surface area (Å²) in [4.78, 5) is 17.2. The summed E-state index contributed by atoms with van der Waals surface area (Å²) >= 11 is 5.94. The zero-order chi connectivity index (χ0) is 21.1. The van der Waals surface area contributed by atoms with Crippen molar-refractivity contribution >= 4 is 34.0 Å². The van der Waals surface area contributed by atoms with E-state index in [1.54, 1.807) is 17.0 Å². The molecule has 0 radical (unpaired) electrons. The summed E-state index contributed by atoms with van der Waals surface area (Å²) in [5.41, 5.74) is 1.08. The Balaban J connectivity index is 1.34. The number of carbonyl (C=O) groups is 1. The maximum absolute atomic E-state index is 13.0. The lowest BCUT2D eigenvalue weighted by Crippen LogP contribution is -2.48. The summed E-state index contributed by atoms with van der Waals surface area (Å²) < 4.78 is 31.1. The van der Waals surface area contributed by atoms with Crippen LogP contribution in [-0.4, -0.2) is 41.2 Å². The van der Waals surface area contributed by atoms with Crippen LogP contribution in [-0.2, 0) is 16.6 Å². The Bertz CT molecular complexity index is 1050. The number of nitrogens with zero attached hydrogens (tertiary/aromatic N) is 2. The first-order chi connectivity index (χ1) is 14.5. The highest BCUT2D eigenvalue weighted by molar-refractivity contribution is 7.84. The van der Waals surface area contributed by atoms with Gasteiger partial charge in [0.2, 0.25) is 0 Å². The molecule has 2 heterocycles. The molecule has 1 atom stereocenters. The second-order valence-electron chi connectivity index (χ2n) is 6.97. The first-order valence-electron chi connectivity index (χ1n) is 9.52. The molecule has 5 nitrogen and oxygen atoms in total. The van der Waals surface area contributed by atoms with Gasteiger partial charge in [0.05, 0.1) is 16.6 Å². The molecule has 1 aromatic heterocycles. The van der Waals surface area contributed by atoms with Gasteiger partial charge in [0.25, 0.3) is 5.91 Å². The highest BCUT2D eigenvalue weighted by Gasteiger charge is 2.24. The smallest absolute Gasteiger partial charge is 0.289 e. The highest BCUT2D eigenvalue weighted by Crippen LogP contribution is 2.21. The molecule has 1 amide bonds. The molecule has 1 aliphatic heterocycles. The van der Waals surface area contributed by atoms with Gasteiger partial charge in [0, 0.05) is 41.8 Å². The van der Waals surface area contributed by atoms with Gasteiger partial charge in [-0.1, -0.05) is 11.6 Å². The van der Waals surface area contributed by atoms with Gasteiger partial charge in [-0.05, 0) is 60.7 Å². The van der Waals surface area contributed by atoms with E-state index in [-0.39, 0.29) is 23.2 Å². The summed E-state index contributed by atoms with van der Waals surface area (Å²) in [5.74, 6) is 0.271. The van der Waals surface area contributed by atoms with Crippen molar-refractivity contribution < 1.29 is 17.8 Å². The van der Waals surface area contributed by atoms with E-state index in [1.807, 2.05) is 24.3 Å². The summed E-state index contributed by atoms with van der Waals surface area (Å²) in [7, 11) is -1.38. The lowest BCUT2D eigenvalue weighted by molar-refractivity contribution is 0.0713. The lowest BCUT2D eigenvalue weighted by Gasteiger charge is -2.35. The first-order valence-corrected chi connectivity index (χ1v) is 11.2. The number of benzene rings is 2. The predicted molar refractivity (Wildman–Crippen MR) is 115 cm³/mol. The van der Waals surface area contributed by atoms with Gasteiger partial charge in [-0.2, -0.15) is 0 Å². The molecule has 1 aliphatic rings. The molecule has 8 heteroatoms. The van der Waals surface area contributed by atoms with Crippen LogP contribution in [0.1, 0.15) is 16.3 Å². The molecule has 0 bridgehead atoms. The molecule has 1 saturated heterocycles. The third-order valence-corrected chi connectivity index (χ3v) is 6.58. The van der Waals surface area contributed by atoms with Gasteiger partial charge in [-0.3, -0.25) is 9.00 Å². The fraction of sp³-hybridized carbons (Fsp3) is 0.227. The van der Waals surface area contributed by atoms with E-state index in [1.165, 1.54) is 24.3 Å². The zero-order valence-corrected chi connectivity index (χ0v) is 17.7. The van der Waals surface area contributed by atoms with Crippen molar-refractivity contribution in [3.8, 4) is 0 Å². The van der Waals surface area contributed by atoms with Crippen LogP contribution in [0.2, 0.25) is 5.02 Å². The van der Waals surface area contributed by atoms with E-state index >= 15 is 0 Å². The van der Waals surface area contributed by atoms with Gasteiger partial charge < -0.3 is 14.2 Å². The number of amides is 1. The first kappa shape index (κ1) is 20.6. The number of halogens is 2. The number of carbonyl (C=O) groups excluding carboxylic acids is 1. The fourth-order valence-electron chi connectivity index (χ4n) is 3.34. The molecule has 0 N–H and O–H groups in total. The second-order valence-corrected chi connectivity index (χ2v) is 8.85. The van der Waals surface area contributed by atoms with Crippen molar-refractivity contribution in [1.82, 2.24) is 4.90 Å². The molecular formula is C22H20ClFN2O3S. The molecular weight excluding hydrogens is 427 g/mol. The molecule has 0 spiro atoms. The number of anilines is 1. The van der Waals surface area contributed by atoms with Crippen molar-refractivity contribution in [3.05, 3.63) is 83.0 Å². The van der Waals surface area contributed by atoms with Crippen LogP contribution in [0.3, 0.4) is 0 Å². The van der Waals surface area contributed by atoms with Crippen LogP contribution in [0.4, 0.5) is 10.1 Å². The molecule has 30 heavy (non-hydrogen) atoms. The van der Waals surface area contributed by atoms with E-state index in [4.69, 9.17) is 16.0 Å². The number of piperazine rings is 1. The van der Waals surface area contributed by atoms with Crippen LogP contribution < -0.4 is 4.90 Å². The van der Waals surface area contributed by atoms with E-state index in [0.717, 1.165) is 18.8 Å². The Morgan fingerprint density at radius 1 is 0.967 bits per heavy atom. The van der Waals surface area contributed by atoms with Crippen LogP contribution >= 0.6 is 11.6 Å². The topological polar surface area (TPSA) is 53.8 Å². The highest BCUT2D eigenvalue weighted by atomic mass is 35.5. The van der Waals surface area contributed by atoms with Gasteiger partial charge in [0.1, 0.15) is 11.6 Å². The Labute approximate surface area is 181 Å². The van der Waals surface area contributed by atoms with Crippen LogP contribution in [0, 0.1) is 5.82 Å². The van der Waals surface area contributed by atoms with Gasteiger partial charge in [-0.25, -0.2) is 4.39 Å². The number of furan rings is 1. The van der Waals surface area contributed by atoms with Gasteiger partial charge in [0.15, 0.2) is 5.76 Å². The maximum atomic E-state index is 13.0. The van der Waals surface area contributed by atoms with Crippen molar-refractivity contribution in [1.29, 1.82) is 0 Å². The Morgan fingerprint density at radius 3 is 2.30 bits per heavy atom. The minimum Gasteiger partial charge on any atom is -0.455 e. The predicted octanol–water partition coefficient (Wildman–Crippen LogP) is 4.34. The average Bonchev–Trinajstić information content (AvgIpc) is 3.23. The molecule has 2 aromatic carbocycles. The second kappa shape index (κ2) is 9.02. The molecule has 4 rings (SSSR count). The molecule has 3 aromatic rings. The molecule has 1 fully saturated rings. The Morgan fingerprint density at radius 2 is 1.63 bits per heavy atom. The van der Waals surface area contributed by atoms with Gasteiger partial charge >= 0.3 is 0 Å². The van der Waals surface area contributed by atoms with Crippen LogP contribution in [0.15, 0.2) is 70.0 Å². The van der Waals surface area contributed by atoms with Gasteiger partial charge in [-0.15, -0.1) is 0 Å². The fourth-order valence-corrected chi connectivity index (χ4v) is 4.49. The largest absolute Gasteiger partial charge is 0.455 e. The summed E-state index contributed by atoms with van der Waals surface area (Å²) in [5, 5.41) is 0.696. The van der Waals surface area contributed by atoms with Crippen molar-refractivity contribution in [2.45, 2.75) is 10.6 Å². The molecule has 156 valence electrons. The quantitative estimate of drug-likeness (QED) is 0.585. The van der Waals surface area contributed by atoms with Crippen molar-refractivity contribution in [2.75, 3.05) is 31.1 Å². The normalized spacial score (nSPS) is 15.3. The summed E-state index contributed by atoms with van der Waals surface area (Å²) in [6, 6.07) is 16.5. The summed E-state index contributed by atoms with van der Waals surface area (Å²) in [6.45, 7) is 2.60. The van der Waals surface area contributed by atoms with Crippen molar-refractivity contribution in [2.24, 2.45) is 0 Å². The molecule has 0 unspecified atom stereocenters. The SMILES string of the molecule is O=C(c1ccc(C[S@@](=O)c2ccc(F)cc2)o1)N1CCN(c2ccc(Cl)cc2)CC1. The van der Waals surface area contributed by atoms with Crippen LogP contribution in [0.25, 0.3) is 0 Å². The minimum absolute atomic E-state index is 0.128. The Kier molecular flexibility index (Phi) is 6.20. The Hall–Kier alpha value is -2.64. The van der Waals surface area contributed by atoms with E-state index in [2.05, 4.69) is 4.90 Å². The third-order valence-electron chi connectivity index (χ3n) is 4.98. The van der Waals surface area contributed by atoms with E-state index < -0.39 is 10.8 Å². The van der Waals surface area contributed by atoms with Crippen molar-refractivity contribution in [3.63, 3.8) is 0 Å². The van der Waals surface area contributed by atoms with Crippen LogP contribution in [0.5, 0.6) is 0 Å². The summed E-state index contributed by atoms with van der Waals surface area (Å²) in [6.07, 6.45) is 0. The van der Waals surface area contributed by atoms with E-state index in [9.17, 15) is 13.4 Å². The monoisotopic (exact) mass is 446 g/mol. The third kappa shape index (κ3) is 4.74. The molecule has 0 saturated carbocycles. The maximum Gasteiger partial charge on any atom is 0.289 e. The van der Waals surface area contributed by atoms with E-state index in [0.29, 0.717) is 28.8 Å². The average molecular weight is 447 g/mol. The molecule has 0 aliphatic carbocycles. The minimum atomic E-state index is -1.38. The zero-order valence-electron chi connectivity index (χ0n) is 16.1. The number of hydrogen-bond donors (Lipinski definition) is 0. The number of rotatable bonds is 5. The standard InChI is InChI=1S/C22H20ClFN2O3S/c23-16-1-5-18(6-2-16)25-11-13-26(14-12-25)22(27)21-10-7-19(29-21)15-30(28)20-8-3-17(24)4-9-20/h1-10H,11-15H2/t30-/m1/s1. The lowest BCUT2D eigenvalue weighted by atomic mass is 10.2.